The molecule has 2 atom stereocenters. The Labute approximate surface area is 101 Å². The number of nitrogens with two attached hydrogens (primary N) is 4. The van der Waals surface area contributed by atoms with Crippen LogP contribution in [-0.2, 0) is 14.3 Å². The van der Waals surface area contributed by atoms with Gasteiger partial charge in [0.15, 0.2) is 0 Å². The van der Waals surface area contributed by atoms with E-state index in [4.69, 9.17) is 22.9 Å². The third kappa shape index (κ3) is 7.01. The summed E-state index contributed by atoms with van der Waals surface area (Å²) in [5.74, 6) is -1.52. The van der Waals surface area contributed by atoms with Gasteiger partial charge in [-0.3, -0.25) is 0 Å². The molecule has 0 spiro atoms. The third-order valence-corrected chi connectivity index (χ3v) is 2.25. The van der Waals surface area contributed by atoms with Gasteiger partial charge in [-0.25, -0.2) is 9.59 Å². The maximum absolute atomic E-state index is 11.3. The van der Waals surface area contributed by atoms with Crippen LogP contribution in [0.3, 0.4) is 0 Å². The zero-order valence-corrected chi connectivity index (χ0v) is 9.93. The molecule has 2 unspecified atom stereocenters. The standard InChI is InChI=1S/C10H22N4O3/c11-5-1-3-7(13)9(15)17-10(16)8(14)4-2-6-12/h7-8H,1-6,11-14H2. The second-order valence-corrected chi connectivity index (χ2v) is 3.81. The minimum atomic E-state index is -0.829. The van der Waals surface area contributed by atoms with Crippen molar-refractivity contribution in [3.05, 3.63) is 0 Å². The fourth-order valence-corrected chi connectivity index (χ4v) is 1.16. The van der Waals surface area contributed by atoms with E-state index in [0.29, 0.717) is 38.8 Å². The molecule has 7 heteroatoms. The molecule has 0 fully saturated rings. The average molecular weight is 246 g/mol. The molecule has 0 aliphatic heterocycles. The number of carbonyl (C=O) groups is 2. The fraction of sp³-hybridized carbons (Fsp3) is 0.800. The third-order valence-electron chi connectivity index (χ3n) is 2.25. The van der Waals surface area contributed by atoms with E-state index >= 15 is 0 Å². The lowest BCUT2D eigenvalue weighted by molar-refractivity contribution is -0.161. The first-order valence-electron chi connectivity index (χ1n) is 5.69. The summed E-state index contributed by atoms with van der Waals surface area (Å²) >= 11 is 0. The topological polar surface area (TPSA) is 147 Å². The van der Waals surface area contributed by atoms with E-state index in [2.05, 4.69) is 4.74 Å². The van der Waals surface area contributed by atoms with Crippen molar-refractivity contribution in [2.45, 2.75) is 37.8 Å². The van der Waals surface area contributed by atoms with E-state index < -0.39 is 24.0 Å². The molecule has 0 heterocycles. The summed E-state index contributed by atoms with van der Waals surface area (Å²) in [6, 6.07) is -1.66. The van der Waals surface area contributed by atoms with Crippen molar-refractivity contribution in [1.29, 1.82) is 0 Å². The summed E-state index contributed by atoms with van der Waals surface area (Å²) in [6.07, 6.45) is 1.98. The molecule has 0 saturated heterocycles. The van der Waals surface area contributed by atoms with Gasteiger partial charge >= 0.3 is 11.9 Å². The van der Waals surface area contributed by atoms with Gasteiger partial charge in [-0.2, -0.15) is 0 Å². The van der Waals surface area contributed by atoms with Gasteiger partial charge in [0, 0.05) is 0 Å². The minimum Gasteiger partial charge on any atom is -0.391 e. The molecule has 0 bridgehead atoms. The first-order chi connectivity index (χ1) is 8.02. The van der Waals surface area contributed by atoms with Crippen molar-refractivity contribution < 1.29 is 14.3 Å². The molecular weight excluding hydrogens is 224 g/mol. The largest absolute Gasteiger partial charge is 0.391 e. The number of hydrogen-bond donors (Lipinski definition) is 4. The Bertz CT molecular complexity index is 224. The average Bonchev–Trinajstić information content (AvgIpc) is 2.32. The predicted molar refractivity (Wildman–Crippen MR) is 63.6 cm³/mol. The quantitative estimate of drug-likeness (QED) is 0.291. The van der Waals surface area contributed by atoms with E-state index in [-0.39, 0.29) is 0 Å². The molecule has 0 aromatic carbocycles. The summed E-state index contributed by atoms with van der Waals surface area (Å²) < 4.78 is 4.56. The Morgan fingerprint density at radius 3 is 1.53 bits per heavy atom. The van der Waals surface area contributed by atoms with Gasteiger partial charge in [0.05, 0.1) is 0 Å². The molecule has 0 aromatic heterocycles. The van der Waals surface area contributed by atoms with E-state index in [1.165, 1.54) is 0 Å². The SMILES string of the molecule is NCCCC(N)C(=O)OC(=O)C(N)CCCN. The van der Waals surface area contributed by atoms with Crippen LogP contribution in [0.2, 0.25) is 0 Å². The highest BCUT2D eigenvalue weighted by Gasteiger charge is 2.22. The zero-order chi connectivity index (χ0) is 13.3. The van der Waals surface area contributed by atoms with Crippen LogP contribution in [0.4, 0.5) is 0 Å². The number of ether oxygens (including phenoxy) is 1. The molecule has 100 valence electrons. The van der Waals surface area contributed by atoms with Gasteiger partial charge in [-0.05, 0) is 38.8 Å². The minimum absolute atomic E-state index is 0.390. The summed E-state index contributed by atoms with van der Waals surface area (Å²) in [5, 5.41) is 0. The van der Waals surface area contributed by atoms with E-state index in [0.717, 1.165) is 0 Å². The molecule has 0 aliphatic rings. The number of esters is 2. The van der Waals surface area contributed by atoms with Crippen LogP contribution in [0.15, 0.2) is 0 Å². The maximum Gasteiger partial charge on any atom is 0.330 e. The van der Waals surface area contributed by atoms with Crippen molar-refractivity contribution in [2.75, 3.05) is 13.1 Å². The Morgan fingerprint density at radius 1 is 0.882 bits per heavy atom. The molecule has 8 N–H and O–H groups in total. The highest BCUT2D eigenvalue weighted by molar-refractivity contribution is 5.90. The van der Waals surface area contributed by atoms with Crippen LogP contribution in [0, 0.1) is 0 Å². The zero-order valence-electron chi connectivity index (χ0n) is 9.93. The van der Waals surface area contributed by atoms with Crippen molar-refractivity contribution in [1.82, 2.24) is 0 Å². The first kappa shape index (κ1) is 16.0. The number of carbonyl (C=O) groups excluding carboxylic acids is 2. The molecule has 0 aliphatic carbocycles. The Hall–Kier alpha value is -1.02. The molecule has 0 saturated carbocycles. The van der Waals surface area contributed by atoms with Gasteiger partial charge < -0.3 is 27.7 Å². The summed E-state index contributed by atoms with van der Waals surface area (Å²) in [5.41, 5.74) is 21.6. The van der Waals surface area contributed by atoms with E-state index in [1.807, 2.05) is 0 Å². The van der Waals surface area contributed by atoms with Crippen LogP contribution < -0.4 is 22.9 Å². The summed E-state index contributed by atoms with van der Waals surface area (Å²) in [6.45, 7) is 0.871. The number of hydrogen-bond acceptors (Lipinski definition) is 7. The van der Waals surface area contributed by atoms with Crippen LogP contribution in [0.25, 0.3) is 0 Å². The van der Waals surface area contributed by atoms with E-state index in [9.17, 15) is 9.59 Å². The van der Waals surface area contributed by atoms with E-state index in [1.54, 1.807) is 0 Å². The van der Waals surface area contributed by atoms with Crippen molar-refractivity contribution in [2.24, 2.45) is 22.9 Å². The van der Waals surface area contributed by atoms with Gasteiger partial charge in [0.25, 0.3) is 0 Å². The Kier molecular flexibility index (Phi) is 8.51. The highest BCUT2D eigenvalue weighted by Crippen LogP contribution is 2.00. The lowest BCUT2D eigenvalue weighted by Gasteiger charge is -2.12. The Morgan fingerprint density at radius 2 is 1.24 bits per heavy atom. The van der Waals surface area contributed by atoms with Crippen LogP contribution >= 0.6 is 0 Å². The monoisotopic (exact) mass is 246 g/mol. The molecule has 0 aromatic rings. The van der Waals surface area contributed by atoms with Crippen LogP contribution in [-0.4, -0.2) is 37.1 Å². The van der Waals surface area contributed by atoms with Gasteiger partial charge in [-0.15, -0.1) is 0 Å². The summed E-state index contributed by atoms with van der Waals surface area (Å²) in [4.78, 5) is 22.7. The van der Waals surface area contributed by atoms with Gasteiger partial charge in [0.2, 0.25) is 0 Å². The maximum atomic E-state index is 11.3. The van der Waals surface area contributed by atoms with Crippen molar-refractivity contribution in [3.8, 4) is 0 Å². The normalized spacial score (nSPS) is 14.1. The summed E-state index contributed by atoms with van der Waals surface area (Å²) in [7, 11) is 0. The number of rotatable bonds is 8. The molecular formula is C10H22N4O3. The van der Waals surface area contributed by atoms with Crippen molar-refractivity contribution in [3.63, 3.8) is 0 Å². The molecule has 0 radical (unpaired) electrons. The highest BCUT2D eigenvalue weighted by atomic mass is 16.6. The molecule has 7 nitrogen and oxygen atoms in total. The van der Waals surface area contributed by atoms with Gasteiger partial charge in [0.1, 0.15) is 12.1 Å². The first-order valence-corrected chi connectivity index (χ1v) is 5.69. The molecule has 17 heavy (non-hydrogen) atoms. The Balaban J connectivity index is 3.97. The lowest BCUT2D eigenvalue weighted by atomic mass is 10.1. The molecule has 0 rings (SSSR count). The second-order valence-electron chi connectivity index (χ2n) is 3.81. The second kappa shape index (κ2) is 9.06. The van der Waals surface area contributed by atoms with Crippen LogP contribution in [0.1, 0.15) is 25.7 Å². The van der Waals surface area contributed by atoms with Crippen LogP contribution in [0.5, 0.6) is 0 Å². The lowest BCUT2D eigenvalue weighted by Crippen LogP contribution is -2.39. The smallest absolute Gasteiger partial charge is 0.330 e. The fourth-order valence-electron chi connectivity index (χ4n) is 1.16. The molecule has 0 amide bonds. The van der Waals surface area contributed by atoms with Crippen molar-refractivity contribution >= 4 is 11.9 Å². The predicted octanol–water partition coefficient (Wildman–Crippen LogP) is -1.81. The van der Waals surface area contributed by atoms with Gasteiger partial charge in [-0.1, -0.05) is 0 Å².